The van der Waals surface area contributed by atoms with E-state index in [-0.39, 0.29) is 23.8 Å². The molecule has 0 bridgehead atoms. The summed E-state index contributed by atoms with van der Waals surface area (Å²) in [6, 6.07) is 7.59. The van der Waals surface area contributed by atoms with E-state index in [2.05, 4.69) is 10.3 Å². The Kier molecular flexibility index (Phi) is 3.90. The van der Waals surface area contributed by atoms with Crippen LogP contribution in [0.25, 0.3) is 0 Å². The molecule has 3 N–H and O–H groups in total. The van der Waals surface area contributed by atoms with Crippen molar-refractivity contribution in [2.24, 2.45) is 0 Å². The second-order valence-electron chi connectivity index (χ2n) is 4.07. The minimum atomic E-state index is -0.480. The van der Waals surface area contributed by atoms with Crippen molar-refractivity contribution in [2.45, 2.75) is 6.54 Å². The summed E-state index contributed by atoms with van der Waals surface area (Å²) in [7, 11) is 0. The fourth-order valence-electron chi connectivity index (χ4n) is 1.67. The number of anilines is 1. The number of nitrogens with two attached hydrogens (primary N) is 1. The molecule has 1 amide bonds. The lowest BCUT2D eigenvalue weighted by atomic mass is 10.2. The third-order valence-corrected chi connectivity index (χ3v) is 2.67. The Hall–Kier alpha value is -2.96. The van der Waals surface area contributed by atoms with Crippen molar-refractivity contribution in [1.29, 1.82) is 0 Å². The van der Waals surface area contributed by atoms with Gasteiger partial charge < -0.3 is 11.1 Å². The van der Waals surface area contributed by atoms with Gasteiger partial charge in [0.05, 0.1) is 22.4 Å². The Balaban J connectivity index is 2.06. The van der Waals surface area contributed by atoms with Gasteiger partial charge in [0.2, 0.25) is 0 Å². The predicted octanol–water partition coefficient (Wildman–Crippen LogP) is 1.50. The maximum atomic E-state index is 11.9. The number of hydrogen-bond donors (Lipinski definition) is 2. The normalized spacial score (nSPS) is 10.0. The van der Waals surface area contributed by atoms with Crippen LogP contribution in [-0.4, -0.2) is 15.8 Å². The second kappa shape index (κ2) is 5.79. The maximum absolute atomic E-state index is 11.9. The van der Waals surface area contributed by atoms with Crippen molar-refractivity contribution in [1.82, 2.24) is 10.3 Å². The zero-order valence-electron chi connectivity index (χ0n) is 10.4. The largest absolute Gasteiger partial charge is 0.397 e. The number of carbonyl (C=O) groups excluding carboxylic acids is 1. The number of aromatic nitrogens is 1. The van der Waals surface area contributed by atoms with E-state index in [9.17, 15) is 14.9 Å². The van der Waals surface area contributed by atoms with Crippen LogP contribution in [0.5, 0.6) is 0 Å². The number of benzene rings is 1. The quantitative estimate of drug-likeness (QED) is 0.647. The van der Waals surface area contributed by atoms with Gasteiger partial charge in [-0.2, -0.15) is 0 Å². The number of carbonyl (C=O) groups is 1. The molecule has 0 fully saturated rings. The summed E-state index contributed by atoms with van der Waals surface area (Å²) in [5, 5.41) is 13.3. The molecule has 7 nitrogen and oxygen atoms in total. The van der Waals surface area contributed by atoms with Crippen LogP contribution in [0, 0.1) is 10.1 Å². The standard InChI is InChI=1S/C13H12N4O3/c14-12-8-15-5-4-11(12)13(18)16-7-9-2-1-3-10(6-9)17(19)20/h1-6,8H,7,14H2,(H,16,18). The van der Waals surface area contributed by atoms with Crippen LogP contribution in [0.2, 0.25) is 0 Å². The molecule has 0 atom stereocenters. The van der Waals surface area contributed by atoms with Crippen molar-refractivity contribution < 1.29 is 9.72 Å². The molecule has 1 aromatic heterocycles. The summed E-state index contributed by atoms with van der Waals surface area (Å²) in [5.41, 5.74) is 6.87. The van der Waals surface area contributed by atoms with Gasteiger partial charge in [-0.1, -0.05) is 12.1 Å². The molecule has 0 aliphatic rings. The van der Waals surface area contributed by atoms with Crippen LogP contribution in [0.3, 0.4) is 0 Å². The van der Waals surface area contributed by atoms with E-state index in [1.807, 2.05) is 0 Å². The van der Waals surface area contributed by atoms with Gasteiger partial charge in [0, 0.05) is 24.9 Å². The van der Waals surface area contributed by atoms with Gasteiger partial charge in [0.25, 0.3) is 11.6 Å². The van der Waals surface area contributed by atoms with Crippen molar-refractivity contribution in [2.75, 3.05) is 5.73 Å². The molecule has 0 unspecified atom stereocenters. The molecule has 2 rings (SSSR count). The van der Waals surface area contributed by atoms with E-state index in [1.165, 1.54) is 30.6 Å². The first-order chi connectivity index (χ1) is 9.58. The van der Waals surface area contributed by atoms with Crippen molar-refractivity contribution in [3.8, 4) is 0 Å². The molecule has 102 valence electrons. The maximum Gasteiger partial charge on any atom is 0.269 e. The van der Waals surface area contributed by atoms with Crippen LogP contribution in [0.4, 0.5) is 11.4 Å². The molecule has 0 aliphatic carbocycles. The van der Waals surface area contributed by atoms with E-state index in [4.69, 9.17) is 5.73 Å². The summed E-state index contributed by atoms with van der Waals surface area (Å²) < 4.78 is 0. The second-order valence-corrected chi connectivity index (χ2v) is 4.07. The Morgan fingerprint density at radius 2 is 2.20 bits per heavy atom. The number of pyridine rings is 1. The number of amides is 1. The average Bonchev–Trinajstić information content (AvgIpc) is 2.45. The van der Waals surface area contributed by atoms with E-state index in [1.54, 1.807) is 12.1 Å². The monoisotopic (exact) mass is 272 g/mol. The summed E-state index contributed by atoms with van der Waals surface area (Å²) in [6.45, 7) is 0.183. The van der Waals surface area contributed by atoms with Crippen molar-refractivity contribution in [3.63, 3.8) is 0 Å². The lowest BCUT2D eigenvalue weighted by Gasteiger charge is -2.07. The summed E-state index contributed by atoms with van der Waals surface area (Å²) >= 11 is 0. The third kappa shape index (κ3) is 3.08. The number of nitrogen functional groups attached to an aromatic ring is 1. The first kappa shape index (κ1) is 13.5. The van der Waals surface area contributed by atoms with Gasteiger partial charge in [0.15, 0.2) is 0 Å². The summed E-state index contributed by atoms with van der Waals surface area (Å²) in [4.78, 5) is 25.9. The van der Waals surface area contributed by atoms with Crippen molar-refractivity contribution >= 4 is 17.3 Å². The van der Waals surface area contributed by atoms with Gasteiger partial charge in [-0.3, -0.25) is 19.9 Å². The fourth-order valence-corrected chi connectivity index (χ4v) is 1.67. The molecule has 2 aromatic rings. The number of nitrogens with zero attached hydrogens (tertiary/aromatic N) is 2. The molecule has 0 saturated heterocycles. The number of hydrogen-bond acceptors (Lipinski definition) is 5. The molecule has 0 aliphatic heterocycles. The lowest BCUT2D eigenvalue weighted by Crippen LogP contribution is -2.23. The highest BCUT2D eigenvalue weighted by Crippen LogP contribution is 2.13. The van der Waals surface area contributed by atoms with E-state index in [0.717, 1.165) is 0 Å². The van der Waals surface area contributed by atoms with Crippen molar-refractivity contribution in [3.05, 3.63) is 64.0 Å². The summed E-state index contributed by atoms with van der Waals surface area (Å²) in [6.07, 6.45) is 2.86. The fraction of sp³-hybridized carbons (Fsp3) is 0.0769. The van der Waals surface area contributed by atoms with Crippen LogP contribution >= 0.6 is 0 Å². The number of nitro benzene ring substituents is 1. The minimum absolute atomic E-state index is 0.0137. The van der Waals surface area contributed by atoms with Crippen LogP contribution in [-0.2, 0) is 6.54 Å². The molecule has 0 saturated carbocycles. The SMILES string of the molecule is Nc1cnccc1C(=O)NCc1cccc([N+](=O)[O-])c1. The minimum Gasteiger partial charge on any atom is -0.397 e. The van der Waals surface area contributed by atoms with Gasteiger partial charge in [-0.15, -0.1) is 0 Å². The molecule has 1 aromatic carbocycles. The van der Waals surface area contributed by atoms with E-state index >= 15 is 0 Å². The molecule has 7 heteroatoms. The van der Waals surface area contributed by atoms with E-state index < -0.39 is 4.92 Å². The Morgan fingerprint density at radius 3 is 2.90 bits per heavy atom. The lowest BCUT2D eigenvalue weighted by molar-refractivity contribution is -0.384. The Labute approximate surface area is 114 Å². The molecular weight excluding hydrogens is 260 g/mol. The first-order valence-corrected chi connectivity index (χ1v) is 5.79. The molecule has 0 spiro atoms. The molecule has 0 radical (unpaired) electrons. The molecule has 1 heterocycles. The number of nitrogens with one attached hydrogen (secondary N) is 1. The number of rotatable bonds is 4. The smallest absolute Gasteiger partial charge is 0.269 e. The Bertz CT molecular complexity index is 658. The Morgan fingerprint density at radius 1 is 1.40 bits per heavy atom. The predicted molar refractivity (Wildman–Crippen MR) is 72.9 cm³/mol. The first-order valence-electron chi connectivity index (χ1n) is 5.79. The summed E-state index contributed by atoms with van der Waals surface area (Å²) in [5.74, 6) is -0.351. The topological polar surface area (TPSA) is 111 Å². The number of non-ortho nitro benzene ring substituents is 1. The highest BCUT2D eigenvalue weighted by Gasteiger charge is 2.10. The molecular formula is C13H12N4O3. The third-order valence-electron chi connectivity index (χ3n) is 2.67. The molecule has 20 heavy (non-hydrogen) atoms. The average molecular weight is 272 g/mol. The highest BCUT2D eigenvalue weighted by molar-refractivity contribution is 5.98. The van der Waals surface area contributed by atoms with Gasteiger partial charge in [0.1, 0.15) is 0 Å². The van der Waals surface area contributed by atoms with Gasteiger partial charge >= 0.3 is 0 Å². The van der Waals surface area contributed by atoms with Gasteiger partial charge in [-0.05, 0) is 11.6 Å². The van der Waals surface area contributed by atoms with Crippen LogP contribution in [0.1, 0.15) is 15.9 Å². The van der Waals surface area contributed by atoms with Crippen LogP contribution in [0.15, 0.2) is 42.7 Å². The van der Waals surface area contributed by atoms with Gasteiger partial charge in [-0.25, -0.2) is 0 Å². The van der Waals surface area contributed by atoms with Crippen LogP contribution < -0.4 is 11.1 Å². The van der Waals surface area contributed by atoms with E-state index in [0.29, 0.717) is 11.1 Å². The zero-order valence-corrected chi connectivity index (χ0v) is 10.4. The zero-order chi connectivity index (χ0) is 14.5. The number of nitro groups is 1. The highest BCUT2D eigenvalue weighted by atomic mass is 16.6.